The van der Waals surface area contributed by atoms with Crippen molar-refractivity contribution in [3.63, 3.8) is 0 Å². The van der Waals surface area contributed by atoms with Gasteiger partial charge in [0, 0.05) is 7.05 Å². The van der Waals surface area contributed by atoms with E-state index >= 15 is 0 Å². The molecule has 1 atom stereocenters. The van der Waals surface area contributed by atoms with E-state index in [-0.39, 0.29) is 18.5 Å². The highest BCUT2D eigenvalue weighted by molar-refractivity contribution is 5.82. The molecule has 0 bridgehead atoms. The highest BCUT2D eigenvalue weighted by Crippen LogP contribution is 2.30. The van der Waals surface area contributed by atoms with Crippen molar-refractivity contribution in [2.75, 3.05) is 27.3 Å². The average molecular weight is 380 g/mol. The summed E-state index contributed by atoms with van der Waals surface area (Å²) in [6, 6.07) is 5.31. The number of carbonyl (C=O) groups is 2. The van der Waals surface area contributed by atoms with E-state index in [4.69, 9.17) is 14.2 Å². The maximum Gasteiger partial charge on any atom is 0.410 e. The molecule has 0 aliphatic heterocycles. The zero-order valence-electron chi connectivity index (χ0n) is 17.4. The zero-order valence-corrected chi connectivity index (χ0v) is 17.4. The lowest BCUT2D eigenvalue weighted by atomic mass is 10.1. The second kappa shape index (κ2) is 10.0. The van der Waals surface area contributed by atoms with Crippen molar-refractivity contribution in [2.45, 2.75) is 52.7 Å². The summed E-state index contributed by atoms with van der Waals surface area (Å²) in [6.07, 6.45) is 0.368. The molecular formula is C20H32N2O5. The minimum atomic E-state index is -0.604. The minimum Gasteiger partial charge on any atom is -0.493 e. The molecule has 0 saturated heterocycles. The van der Waals surface area contributed by atoms with Crippen LogP contribution in [0.5, 0.6) is 11.5 Å². The van der Waals surface area contributed by atoms with E-state index in [0.717, 1.165) is 12.0 Å². The number of likely N-dealkylation sites (N-methyl/N-ethyl adjacent to an activating group) is 1. The van der Waals surface area contributed by atoms with Crippen molar-refractivity contribution in [2.24, 2.45) is 0 Å². The van der Waals surface area contributed by atoms with Crippen LogP contribution in [0.1, 0.15) is 52.6 Å². The Balaban J connectivity index is 2.68. The molecule has 0 saturated carbocycles. The third-order valence-electron chi connectivity index (χ3n) is 3.61. The molecule has 2 amide bonds. The molecule has 0 heterocycles. The van der Waals surface area contributed by atoms with Gasteiger partial charge in [-0.3, -0.25) is 4.79 Å². The number of methoxy groups -OCH3 is 1. The van der Waals surface area contributed by atoms with Crippen molar-refractivity contribution >= 4 is 12.0 Å². The van der Waals surface area contributed by atoms with Crippen LogP contribution in [0, 0.1) is 0 Å². The first-order valence-electron chi connectivity index (χ1n) is 9.11. The molecule has 1 rings (SSSR count). The highest BCUT2D eigenvalue weighted by atomic mass is 16.6. The van der Waals surface area contributed by atoms with Crippen molar-refractivity contribution in [3.8, 4) is 11.5 Å². The van der Waals surface area contributed by atoms with Gasteiger partial charge in [-0.05, 0) is 51.8 Å². The summed E-state index contributed by atoms with van der Waals surface area (Å²) in [7, 11) is 3.11. The lowest BCUT2D eigenvalue weighted by molar-refractivity contribution is -0.122. The fourth-order valence-electron chi connectivity index (χ4n) is 2.28. The van der Waals surface area contributed by atoms with Crippen molar-refractivity contribution < 1.29 is 23.8 Å². The Hall–Kier alpha value is -2.44. The van der Waals surface area contributed by atoms with E-state index in [9.17, 15) is 9.59 Å². The Morgan fingerprint density at radius 2 is 1.89 bits per heavy atom. The number of nitrogens with zero attached hydrogens (tertiary/aromatic N) is 1. The maximum atomic E-state index is 12.3. The monoisotopic (exact) mass is 380 g/mol. The SMILES string of the molecule is CCCOc1ccc(C(C)NC(=O)CN(C)C(=O)OC(C)(C)C)cc1OC. The van der Waals surface area contributed by atoms with E-state index < -0.39 is 11.7 Å². The summed E-state index contributed by atoms with van der Waals surface area (Å²) >= 11 is 0. The lowest BCUT2D eigenvalue weighted by Gasteiger charge is -2.25. The topological polar surface area (TPSA) is 77.1 Å². The number of carbonyl (C=O) groups excluding carboxylic acids is 2. The quantitative estimate of drug-likeness (QED) is 0.747. The molecule has 0 aromatic heterocycles. The first-order valence-corrected chi connectivity index (χ1v) is 9.11. The average Bonchev–Trinajstić information content (AvgIpc) is 2.57. The fourth-order valence-corrected chi connectivity index (χ4v) is 2.28. The standard InChI is InChI=1S/C20H32N2O5/c1-8-11-26-16-10-9-15(12-17(16)25-7)14(2)21-18(23)13-22(6)19(24)27-20(3,4)5/h9-10,12,14H,8,11,13H2,1-7H3,(H,21,23). The second-order valence-electron chi connectivity index (χ2n) is 7.38. The number of hydrogen-bond donors (Lipinski definition) is 1. The zero-order chi connectivity index (χ0) is 20.6. The number of nitrogens with one attached hydrogen (secondary N) is 1. The van der Waals surface area contributed by atoms with Gasteiger partial charge in [0.05, 0.1) is 19.8 Å². The Morgan fingerprint density at radius 3 is 2.44 bits per heavy atom. The molecule has 7 nitrogen and oxygen atoms in total. The van der Waals surface area contributed by atoms with Crippen LogP contribution in [0.15, 0.2) is 18.2 Å². The molecule has 0 radical (unpaired) electrons. The van der Waals surface area contributed by atoms with Gasteiger partial charge in [0.2, 0.25) is 5.91 Å². The van der Waals surface area contributed by atoms with Crippen molar-refractivity contribution in [1.82, 2.24) is 10.2 Å². The smallest absolute Gasteiger partial charge is 0.410 e. The molecule has 0 aliphatic carbocycles. The van der Waals surface area contributed by atoms with Gasteiger partial charge in [0.25, 0.3) is 0 Å². The van der Waals surface area contributed by atoms with Gasteiger partial charge in [-0.2, -0.15) is 0 Å². The highest BCUT2D eigenvalue weighted by Gasteiger charge is 2.22. The van der Waals surface area contributed by atoms with Crippen LogP contribution in [-0.2, 0) is 9.53 Å². The van der Waals surface area contributed by atoms with Crippen LogP contribution >= 0.6 is 0 Å². The van der Waals surface area contributed by atoms with Crippen LogP contribution < -0.4 is 14.8 Å². The fraction of sp³-hybridized carbons (Fsp3) is 0.600. The molecule has 1 N–H and O–H groups in total. The predicted molar refractivity (Wildman–Crippen MR) is 104 cm³/mol. The Bertz CT molecular complexity index is 640. The van der Waals surface area contributed by atoms with E-state index in [1.807, 2.05) is 32.0 Å². The summed E-state index contributed by atoms with van der Waals surface area (Å²) in [5, 5.41) is 2.87. The maximum absolute atomic E-state index is 12.3. The summed E-state index contributed by atoms with van der Waals surface area (Å²) in [4.78, 5) is 25.4. The minimum absolute atomic E-state index is 0.0892. The summed E-state index contributed by atoms with van der Waals surface area (Å²) in [6.45, 7) is 9.76. The Kier molecular flexibility index (Phi) is 8.40. The van der Waals surface area contributed by atoms with Crippen LogP contribution in [0.4, 0.5) is 4.79 Å². The molecule has 7 heteroatoms. The van der Waals surface area contributed by atoms with E-state index in [1.54, 1.807) is 27.9 Å². The second-order valence-corrected chi connectivity index (χ2v) is 7.38. The molecule has 27 heavy (non-hydrogen) atoms. The van der Waals surface area contributed by atoms with Gasteiger partial charge in [0.15, 0.2) is 11.5 Å². The third-order valence-corrected chi connectivity index (χ3v) is 3.61. The van der Waals surface area contributed by atoms with Gasteiger partial charge >= 0.3 is 6.09 Å². The van der Waals surface area contributed by atoms with Crippen LogP contribution in [0.25, 0.3) is 0 Å². The number of hydrogen-bond acceptors (Lipinski definition) is 5. The van der Waals surface area contributed by atoms with Gasteiger partial charge < -0.3 is 24.4 Å². The van der Waals surface area contributed by atoms with Crippen molar-refractivity contribution in [3.05, 3.63) is 23.8 Å². The third kappa shape index (κ3) is 7.76. The van der Waals surface area contributed by atoms with Gasteiger partial charge in [-0.15, -0.1) is 0 Å². The first kappa shape index (κ1) is 22.6. The van der Waals surface area contributed by atoms with E-state index in [1.165, 1.54) is 11.9 Å². The Morgan fingerprint density at radius 1 is 1.22 bits per heavy atom. The molecule has 0 aliphatic rings. The number of ether oxygens (including phenoxy) is 3. The summed E-state index contributed by atoms with van der Waals surface area (Å²) in [5.41, 5.74) is 0.275. The van der Waals surface area contributed by atoms with Gasteiger partial charge in [-0.1, -0.05) is 13.0 Å². The molecule has 1 unspecified atom stereocenters. The molecule has 152 valence electrons. The lowest BCUT2D eigenvalue weighted by Crippen LogP contribution is -2.41. The number of amides is 2. The van der Waals surface area contributed by atoms with Crippen LogP contribution in [0.2, 0.25) is 0 Å². The van der Waals surface area contributed by atoms with Crippen LogP contribution in [-0.4, -0.2) is 49.8 Å². The normalized spacial score (nSPS) is 12.1. The van der Waals surface area contributed by atoms with E-state index in [0.29, 0.717) is 18.1 Å². The number of benzene rings is 1. The van der Waals surface area contributed by atoms with E-state index in [2.05, 4.69) is 5.32 Å². The Labute approximate surface area is 162 Å². The first-order chi connectivity index (χ1) is 12.6. The summed E-state index contributed by atoms with van der Waals surface area (Å²) in [5.74, 6) is 1.01. The summed E-state index contributed by atoms with van der Waals surface area (Å²) < 4.78 is 16.3. The molecular weight excluding hydrogens is 348 g/mol. The molecule has 1 aromatic rings. The number of rotatable bonds is 8. The molecule has 0 fully saturated rings. The molecule has 0 spiro atoms. The van der Waals surface area contributed by atoms with Gasteiger partial charge in [0.1, 0.15) is 12.1 Å². The largest absolute Gasteiger partial charge is 0.493 e. The predicted octanol–water partition coefficient (Wildman–Crippen LogP) is 3.53. The van der Waals surface area contributed by atoms with Gasteiger partial charge in [-0.25, -0.2) is 4.79 Å². The van der Waals surface area contributed by atoms with Crippen LogP contribution in [0.3, 0.4) is 0 Å². The molecule has 1 aromatic carbocycles. The van der Waals surface area contributed by atoms with Crippen molar-refractivity contribution in [1.29, 1.82) is 0 Å².